The molecule has 1 aliphatic carbocycles. The van der Waals surface area contributed by atoms with Crippen LogP contribution in [0.1, 0.15) is 66.7 Å². The van der Waals surface area contributed by atoms with Crippen molar-refractivity contribution in [2.45, 2.75) is 44.9 Å². The Hall–Kier alpha value is -2.44. The van der Waals surface area contributed by atoms with Gasteiger partial charge in [-0.25, -0.2) is 4.98 Å². The van der Waals surface area contributed by atoms with Gasteiger partial charge in [0, 0.05) is 24.7 Å². The molecule has 7 heteroatoms. The standard InChI is InChI=1S/C18H21N3O4/c1-9(2)15-14-12(17(22)21-6-5-11(8-21)18(23)24)7-13(10-3-4-10)19-16(14)25-20-15/h7,9-11H,3-6,8H2,1-2H3,(H,23,24). The first-order valence-electron chi connectivity index (χ1n) is 8.78. The first kappa shape index (κ1) is 16.1. The van der Waals surface area contributed by atoms with Gasteiger partial charge in [0.25, 0.3) is 11.6 Å². The third kappa shape index (κ3) is 2.77. The molecule has 1 aliphatic heterocycles. The Morgan fingerprint density at radius 3 is 2.68 bits per heavy atom. The summed E-state index contributed by atoms with van der Waals surface area (Å²) < 4.78 is 5.42. The molecule has 0 radical (unpaired) electrons. The van der Waals surface area contributed by atoms with Crippen LogP contribution in [-0.2, 0) is 4.79 Å². The van der Waals surface area contributed by atoms with E-state index in [4.69, 9.17) is 4.52 Å². The van der Waals surface area contributed by atoms with E-state index in [9.17, 15) is 14.7 Å². The highest BCUT2D eigenvalue weighted by molar-refractivity contribution is 6.06. The summed E-state index contributed by atoms with van der Waals surface area (Å²) in [6.45, 7) is 4.70. The molecule has 1 saturated carbocycles. The van der Waals surface area contributed by atoms with Crippen LogP contribution < -0.4 is 0 Å². The number of amides is 1. The van der Waals surface area contributed by atoms with Gasteiger partial charge in [-0.2, -0.15) is 0 Å². The van der Waals surface area contributed by atoms with Crippen molar-refractivity contribution in [3.05, 3.63) is 23.0 Å². The highest BCUT2D eigenvalue weighted by Crippen LogP contribution is 2.41. The van der Waals surface area contributed by atoms with Crippen molar-refractivity contribution in [3.63, 3.8) is 0 Å². The van der Waals surface area contributed by atoms with E-state index in [0.717, 1.165) is 24.2 Å². The number of aromatic nitrogens is 2. The maximum Gasteiger partial charge on any atom is 0.308 e. The van der Waals surface area contributed by atoms with Crippen LogP contribution in [0.25, 0.3) is 11.1 Å². The minimum atomic E-state index is -0.846. The van der Waals surface area contributed by atoms with Crippen LogP contribution in [0.4, 0.5) is 0 Å². The van der Waals surface area contributed by atoms with Gasteiger partial charge in [0.05, 0.1) is 22.6 Å². The Kier molecular flexibility index (Phi) is 3.74. The first-order valence-corrected chi connectivity index (χ1v) is 8.78. The van der Waals surface area contributed by atoms with Crippen molar-refractivity contribution in [3.8, 4) is 0 Å². The van der Waals surface area contributed by atoms with Crippen LogP contribution in [0, 0.1) is 5.92 Å². The van der Waals surface area contributed by atoms with E-state index in [1.165, 1.54) is 0 Å². The smallest absolute Gasteiger partial charge is 0.308 e. The fourth-order valence-electron chi connectivity index (χ4n) is 3.46. The van der Waals surface area contributed by atoms with Gasteiger partial charge in [0.15, 0.2) is 0 Å². The molecular weight excluding hydrogens is 322 g/mol. The molecule has 3 heterocycles. The molecule has 1 atom stereocenters. The number of nitrogens with zero attached hydrogens (tertiary/aromatic N) is 3. The topological polar surface area (TPSA) is 96.5 Å². The average molecular weight is 343 g/mol. The molecule has 1 unspecified atom stereocenters. The summed E-state index contributed by atoms with van der Waals surface area (Å²) in [6, 6.07) is 1.86. The monoisotopic (exact) mass is 343 g/mol. The third-order valence-electron chi connectivity index (χ3n) is 5.09. The summed E-state index contributed by atoms with van der Waals surface area (Å²) in [5.41, 5.74) is 2.55. The number of fused-ring (bicyclic) bond motifs is 1. The molecule has 7 nitrogen and oxygen atoms in total. The molecule has 1 saturated heterocycles. The number of carboxylic acid groups (broad SMARTS) is 1. The lowest BCUT2D eigenvalue weighted by Crippen LogP contribution is -2.30. The second-order valence-corrected chi connectivity index (χ2v) is 7.35. The number of hydrogen-bond acceptors (Lipinski definition) is 5. The zero-order chi connectivity index (χ0) is 17.7. The van der Waals surface area contributed by atoms with Crippen molar-refractivity contribution >= 4 is 23.0 Å². The maximum absolute atomic E-state index is 13.1. The summed E-state index contributed by atoms with van der Waals surface area (Å²) in [5.74, 6) is -0.998. The largest absolute Gasteiger partial charge is 0.481 e. The molecule has 2 aromatic heterocycles. The molecule has 2 aromatic rings. The average Bonchev–Trinajstić information content (AvgIpc) is 3.14. The van der Waals surface area contributed by atoms with E-state index >= 15 is 0 Å². The minimum absolute atomic E-state index is 0.103. The number of carbonyl (C=O) groups excluding carboxylic acids is 1. The van der Waals surface area contributed by atoms with E-state index in [0.29, 0.717) is 35.5 Å². The van der Waals surface area contributed by atoms with Gasteiger partial charge < -0.3 is 14.5 Å². The molecule has 1 N–H and O–H groups in total. The first-order chi connectivity index (χ1) is 12.0. The summed E-state index contributed by atoms with van der Waals surface area (Å²) in [4.78, 5) is 30.5. The summed E-state index contributed by atoms with van der Waals surface area (Å²) in [6.07, 6.45) is 2.63. The number of carbonyl (C=O) groups is 2. The van der Waals surface area contributed by atoms with Gasteiger partial charge in [-0.15, -0.1) is 0 Å². The van der Waals surface area contributed by atoms with E-state index in [1.54, 1.807) is 4.90 Å². The Bertz CT molecular complexity index is 853. The second kappa shape index (κ2) is 5.82. The van der Waals surface area contributed by atoms with Crippen LogP contribution in [-0.4, -0.2) is 45.1 Å². The highest BCUT2D eigenvalue weighted by Gasteiger charge is 2.34. The fourth-order valence-corrected chi connectivity index (χ4v) is 3.46. The zero-order valence-corrected chi connectivity index (χ0v) is 14.4. The molecule has 0 bridgehead atoms. The van der Waals surface area contributed by atoms with Crippen molar-refractivity contribution in [1.29, 1.82) is 0 Å². The second-order valence-electron chi connectivity index (χ2n) is 7.35. The van der Waals surface area contributed by atoms with Gasteiger partial charge in [-0.1, -0.05) is 19.0 Å². The Labute approximate surface area is 145 Å². The lowest BCUT2D eigenvalue weighted by Gasteiger charge is -2.17. The quantitative estimate of drug-likeness (QED) is 0.917. The predicted octanol–water partition coefficient (Wildman–Crippen LogP) is 2.77. The Morgan fingerprint density at radius 2 is 2.08 bits per heavy atom. The number of hydrogen-bond donors (Lipinski definition) is 1. The van der Waals surface area contributed by atoms with Gasteiger partial charge >= 0.3 is 5.97 Å². The van der Waals surface area contributed by atoms with Crippen LogP contribution >= 0.6 is 0 Å². The lowest BCUT2D eigenvalue weighted by molar-refractivity contribution is -0.141. The SMILES string of the molecule is CC(C)c1noc2nc(C3CC3)cc(C(=O)N3CCC(C(=O)O)C3)c12. The summed E-state index contributed by atoms with van der Waals surface area (Å²) >= 11 is 0. The molecule has 2 fully saturated rings. The third-order valence-corrected chi connectivity index (χ3v) is 5.09. The van der Waals surface area contributed by atoms with E-state index in [2.05, 4.69) is 10.1 Å². The lowest BCUT2D eigenvalue weighted by atomic mass is 10.0. The van der Waals surface area contributed by atoms with Crippen molar-refractivity contribution in [1.82, 2.24) is 15.0 Å². The number of carboxylic acids is 1. The molecule has 132 valence electrons. The summed E-state index contributed by atoms with van der Waals surface area (Å²) in [7, 11) is 0. The Morgan fingerprint density at radius 1 is 1.32 bits per heavy atom. The van der Waals surface area contributed by atoms with Gasteiger partial charge in [-0.05, 0) is 31.2 Å². The molecule has 0 spiro atoms. The zero-order valence-electron chi connectivity index (χ0n) is 14.4. The molecule has 2 aliphatic rings. The molecule has 1 amide bonds. The Balaban J connectivity index is 1.77. The molecule has 25 heavy (non-hydrogen) atoms. The number of pyridine rings is 1. The van der Waals surface area contributed by atoms with Crippen molar-refractivity contribution < 1.29 is 19.2 Å². The van der Waals surface area contributed by atoms with Gasteiger partial charge in [0.2, 0.25) is 0 Å². The van der Waals surface area contributed by atoms with Crippen LogP contribution in [0.15, 0.2) is 10.6 Å². The van der Waals surface area contributed by atoms with Crippen LogP contribution in [0.5, 0.6) is 0 Å². The fraction of sp³-hybridized carbons (Fsp3) is 0.556. The normalized spacial score (nSPS) is 20.6. The van der Waals surface area contributed by atoms with E-state index < -0.39 is 11.9 Å². The number of aliphatic carboxylic acids is 1. The van der Waals surface area contributed by atoms with Crippen molar-refractivity contribution in [2.24, 2.45) is 5.92 Å². The molecular formula is C18H21N3O4. The van der Waals surface area contributed by atoms with Gasteiger partial charge in [-0.3, -0.25) is 9.59 Å². The van der Waals surface area contributed by atoms with Crippen LogP contribution in [0.2, 0.25) is 0 Å². The van der Waals surface area contributed by atoms with E-state index in [1.807, 2.05) is 19.9 Å². The summed E-state index contributed by atoms with van der Waals surface area (Å²) in [5, 5.41) is 14.0. The van der Waals surface area contributed by atoms with E-state index in [-0.39, 0.29) is 18.4 Å². The molecule has 4 rings (SSSR count). The number of rotatable bonds is 4. The van der Waals surface area contributed by atoms with Crippen LogP contribution in [0.3, 0.4) is 0 Å². The highest BCUT2D eigenvalue weighted by atomic mass is 16.5. The number of likely N-dealkylation sites (tertiary alicyclic amines) is 1. The van der Waals surface area contributed by atoms with Crippen molar-refractivity contribution in [2.75, 3.05) is 13.1 Å². The maximum atomic E-state index is 13.1. The molecule has 0 aromatic carbocycles. The minimum Gasteiger partial charge on any atom is -0.481 e. The van der Waals surface area contributed by atoms with Gasteiger partial charge in [0.1, 0.15) is 0 Å². The predicted molar refractivity (Wildman–Crippen MR) is 89.5 cm³/mol.